The number of rotatable bonds is 4. The molecule has 0 bridgehead atoms. The van der Waals surface area contributed by atoms with Gasteiger partial charge in [0.05, 0.1) is 5.57 Å². The summed E-state index contributed by atoms with van der Waals surface area (Å²) in [4.78, 5) is 28.3. The van der Waals surface area contributed by atoms with Gasteiger partial charge < -0.3 is 9.80 Å². The summed E-state index contributed by atoms with van der Waals surface area (Å²) in [5, 5.41) is 0. The van der Waals surface area contributed by atoms with E-state index in [9.17, 15) is 9.59 Å². The molecule has 0 N–H and O–H groups in total. The summed E-state index contributed by atoms with van der Waals surface area (Å²) in [6.45, 7) is 0.805. The van der Waals surface area contributed by atoms with Crippen LogP contribution in [0.2, 0.25) is 0 Å². The smallest absolute Gasteiger partial charge is 0.294 e. The third-order valence-electron chi connectivity index (χ3n) is 4.14. The minimum atomic E-state index is -0.516. The Morgan fingerprint density at radius 3 is 2.38 bits per heavy atom. The lowest BCUT2D eigenvalue weighted by Crippen LogP contribution is -2.31. The van der Waals surface area contributed by atoms with Gasteiger partial charge in [-0.3, -0.25) is 9.59 Å². The van der Waals surface area contributed by atoms with Crippen LogP contribution in [0.3, 0.4) is 0 Å². The van der Waals surface area contributed by atoms with Gasteiger partial charge >= 0.3 is 0 Å². The lowest BCUT2D eigenvalue weighted by molar-refractivity contribution is -0.139. The van der Waals surface area contributed by atoms with Crippen LogP contribution in [0.15, 0.2) is 60.8 Å². The molecule has 1 aliphatic heterocycles. The van der Waals surface area contributed by atoms with Gasteiger partial charge in [-0.25, -0.2) is 0 Å². The molecule has 0 unspecified atom stereocenters. The maximum Gasteiger partial charge on any atom is 0.294 e. The highest BCUT2D eigenvalue weighted by molar-refractivity contribution is 6.53. The number of carbonyl (C=O) groups excluding carboxylic acids is 2. The fourth-order valence-electron chi connectivity index (χ4n) is 2.85. The first kappa shape index (κ1) is 16.0. The third kappa shape index (κ3) is 3.08. The van der Waals surface area contributed by atoms with Crippen LogP contribution in [0.1, 0.15) is 11.1 Å². The molecule has 3 rings (SSSR count). The van der Waals surface area contributed by atoms with Gasteiger partial charge in [-0.2, -0.15) is 0 Å². The molecule has 0 saturated heterocycles. The number of amides is 1. The van der Waals surface area contributed by atoms with Gasteiger partial charge in [-0.1, -0.05) is 48.5 Å². The summed E-state index contributed by atoms with van der Waals surface area (Å²) in [6, 6.07) is 17.5. The zero-order valence-corrected chi connectivity index (χ0v) is 13.9. The number of benzene rings is 2. The molecule has 1 heterocycles. The molecule has 0 atom stereocenters. The summed E-state index contributed by atoms with van der Waals surface area (Å²) >= 11 is 0. The highest BCUT2D eigenvalue weighted by Gasteiger charge is 2.25. The van der Waals surface area contributed by atoms with Gasteiger partial charge in [0.25, 0.3) is 11.7 Å². The van der Waals surface area contributed by atoms with Gasteiger partial charge in [0.15, 0.2) is 0 Å². The van der Waals surface area contributed by atoms with Crippen molar-refractivity contribution in [2.45, 2.75) is 6.42 Å². The van der Waals surface area contributed by atoms with Crippen molar-refractivity contribution < 1.29 is 9.59 Å². The minimum absolute atomic E-state index is 0.422. The Balaban J connectivity index is 2.03. The second-order valence-corrected chi connectivity index (χ2v) is 6.01. The number of anilines is 1. The summed E-state index contributed by atoms with van der Waals surface area (Å²) in [5.74, 6) is -1.01. The van der Waals surface area contributed by atoms with Crippen LogP contribution in [-0.4, -0.2) is 37.2 Å². The minimum Gasteiger partial charge on any atom is -0.347 e. The largest absolute Gasteiger partial charge is 0.347 e. The predicted octanol–water partition coefficient (Wildman–Crippen LogP) is 2.75. The van der Waals surface area contributed by atoms with E-state index in [1.165, 1.54) is 10.5 Å². The molecule has 0 aliphatic carbocycles. The summed E-state index contributed by atoms with van der Waals surface area (Å²) in [5.41, 5.74) is 3.52. The van der Waals surface area contributed by atoms with Crippen LogP contribution < -0.4 is 4.90 Å². The van der Waals surface area contributed by atoms with Crippen molar-refractivity contribution in [1.82, 2.24) is 4.90 Å². The Labute approximate surface area is 142 Å². The first-order valence-electron chi connectivity index (χ1n) is 7.95. The SMILES string of the molecule is CN(C)C(=O)C(=O)/C(=C\N1CCc2ccccc21)c1ccccc1. The van der Waals surface area contributed by atoms with E-state index in [1.807, 2.05) is 54.7 Å². The van der Waals surface area contributed by atoms with Gasteiger partial charge in [-0.15, -0.1) is 0 Å². The Bertz CT molecular complexity index is 794. The van der Waals surface area contributed by atoms with E-state index in [4.69, 9.17) is 0 Å². The molecule has 1 aliphatic rings. The molecule has 0 spiro atoms. The van der Waals surface area contributed by atoms with Crippen LogP contribution in [0, 0.1) is 0 Å². The third-order valence-corrected chi connectivity index (χ3v) is 4.14. The maximum absolute atomic E-state index is 12.7. The number of Topliss-reactive ketones (excluding diaryl/α,β-unsaturated/α-hetero) is 1. The van der Waals surface area contributed by atoms with Gasteiger partial charge in [0.1, 0.15) is 0 Å². The number of hydrogen-bond donors (Lipinski definition) is 0. The van der Waals surface area contributed by atoms with Crippen molar-refractivity contribution in [2.24, 2.45) is 0 Å². The highest BCUT2D eigenvalue weighted by atomic mass is 16.2. The Hall–Kier alpha value is -2.88. The van der Waals surface area contributed by atoms with Crippen molar-refractivity contribution in [3.8, 4) is 0 Å². The molecular formula is C20H20N2O2. The van der Waals surface area contributed by atoms with E-state index >= 15 is 0 Å². The molecule has 122 valence electrons. The topological polar surface area (TPSA) is 40.6 Å². The second-order valence-electron chi connectivity index (χ2n) is 6.01. The number of ketones is 1. The second kappa shape index (κ2) is 6.71. The number of nitrogens with zero attached hydrogens (tertiary/aromatic N) is 2. The summed E-state index contributed by atoms with van der Waals surface area (Å²) in [6.07, 6.45) is 2.75. The molecule has 0 aromatic heterocycles. The number of carbonyl (C=O) groups is 2. The standard InChI is InChI=1S/C20H20N2O2/c1-21(2)20(24)19(23)17(15-8-4-3-5-9-15)14-22-13-12-16-10-6-7-11-18(16)22/h3-11,14H,12-13H2,1-2H3/b17-14-. The van der Waals surface area contributed by atoms with E-state index in [0.29, 0.717) is 5.57 Å². The van der Waals surface area contributed by atoms with Crippen molar-refractivity contribution in [2.75, 3.05) is 25.5 Å². The van der Waals surface area contributed by atoms with E-state index < -0.39 is 11.7 Å². The van der Waals surface area contributed by atoms with Crippen LogP contribution >= 0.6 is 0 Å². The zero-order valence-electron chi connectivity index (χ0n) is 13.9. The Morgan fingerprint density at radius 2 is 1.67 bits per heavy atom. The van der Waals surface area contributed by atoms with Crippen molar-refractivity contribution in [3.05, 3.63) is 71.9 Å². The Morgan fingerprint density at radius 1 is 1.00 bits per heavy atom. The zero-order chi connectivity index (χ0) is 17.1. The molecule has 2 aromatic carbocycles. The molecule has 0 radical (unpaired) electrons. The van der Waals surface area contributed by atoms with Crippen LogP contribution in [0.5, 0.6) is 0 Å². The summed E-state index contributed by atoms with van der Waals surface area (Å²) < 4.78 is 0. The van der Waals surface area contributed by atoms with Crippen molar-refractivity contribution in [1.29, 1.82) is 0 Å². The monoisotopic (exact) mass is 320 g/mol. The first-order chi connectivity index (χ1) is 11.6. The van der Waals surface area contributed by atoms with Crippen molar-refractivity contribution >= 4 is 23.0 Å². The Kier molecular flexibility index (Phi) is 4.47. The van der Waals surface area contributed by atoms with E-state index in [-0.39, 0.29) is 0 Å². The molecular weight excluding hydrogens is 300 g/mol. The van der Waals surface area contributed by atoms with E-state index in [2.05, 4.69) is 11.0 Å². The molecule has 4 heteroatoms. The average Bonchev–Trinajstić information content (AvgIpc) is 3.02. The molecule has 24 heavy (non-hydrogen) atoms. The maximum atomic E-state index is 12.7. The molecule has 0 saturated carbocycles. The van der Waals surface area contributed by atoms with Crippen LogP contribution in [0.25, 0.3) is 5.57 Å². The number of fused-ring (bicyclic) bond motifs is 1. The number of hydrogen-bond acceptors (Lipinski definition) is 3. The lowest BCUT2D eigenvalue weighted by atomic mass is 10.0. The highest BCUT2D eigenvalue weighted by Crippen LogP contribution is 2.29. The summed E-state index contributed by atoms with van der Waals surface area (Å²) in [7, 11) is 3.18. The van der Waals surface area contributed by atoms with E-state index in [1.54, 1.807) is 14.1 Å². The predicted molar refractivity (Wildman–Crippen MR) is 95.6 cm³/mol. The van der Waals surface area contributed by atoms with E-state index in [0.717, 1.165) is 24.2 Å². The molecule has 1 amide bonds. The lowest BCUT2D eigenvalue weighted by Gasteiger charge is -2.18. The first-order valence-corrected chi connectivity index (χ1v) is 7.95. The molecule has 4 nitrogen and oxygen atoms in total. The van der Waals surface area contributed by atoms with Crippen molar-refractivity contribution in [3.63, 3.8) is 0 Å². The fraction of sp³-hybridized carbons (Fsp3) is 0.200. The quantitative estimate of drug-likeness (QED) is 0.642. The fourth-order valence-corrected chi connectivity index (χ4v) is 2.85. The van der Waals surface area contributed by atoms with Gasteiger partial charge in [-0.05, 0) is 23.6 Å². The number of para-hydroxylation sites is 1. The normalized spacial score (nSPS) is 13.6. The average molecular weight is 320 g/mol. The van der Waals surface area contributed by atoms with Gasteiger partial charge in [0, 0.05) is 32.5 Å². The molecule has 0 fully saturated rings. The van der Waals surface area contributed by atoms with Crippen LogP contribution in [-0.2, 0) is 16.0 Å². The molecule has 2 aromatic rings. The van der Waals surface area contributed by atoms with Crippen LogP contribution in [0.4, 0.5) is 5.69 Å². The number of likely N-dealkylation sites (N-methyl/N-ethyl adjacent to an activating group) is 1. The van der Waals surface area contributed by atoms with Gasteiger partial charge in [0.2, 0.25) is 0 Å².